The standard InChI is InChI=1S/C20H25ClN2O3/c1-14-6-5-7-15(2)20(14)26-13-19(24)22-16-8-9-18(17(21)12-16)25-11-10-23(3)4/h5-9,12H,10-11,13H2,1-4H3,(H,22,24). The number of aryl methyl sites for hydroxylation is 2. The molecule has 0 radical (unpaired) electrons. The van der Waals surface area contributed by atoms with E-state index in [9.17, 15) is 4.79 Å². The summed E-state index contributed by atoms with van der Waals surface area (Å²) in [5, 5.41) is 3.24. The minimum Gasteiger partial charge on any atom is -0.491 e. The molecule has 0 heterocycles. The lowest BCUT2D eigenvalue weighted by Crippen LogP contribution is -2.21. The van der Waals surface area contributed by atoms with Crippen LogP contribution in [0.25, 0.3) is 0 Å². The third-order valence-electron chi connectivity index (χ3n) is 3.77. The molecule has 2 aromatic rings. The van der Waals surface area contributed by atoms with Crippen LogP contribution in [0.5, 0.6) is 11.5 Å². The SMILES string of the molecule is Cc1cccc(C)c1OCC(=O)Nc1ccc(OCCN(C)C)c(Cl)c1. The first-order valence-corrected chi connectivity index (χ1v) is 8.80. The van der Waals surface area contributed by atoms with Crippen molar-refractivity contribution in [1.82, 2.24) is 4.90 Å². The minimum atomic E-state index is -0.245. The number of carbonyl (C=O) groups excluding carboxylic acids is 1. The molecule has 0 aromatic heterocycles. The number of benzene rings is 2. The van der Waals surface area contributed by atoms with Gasteiger partial charge in [-0.2, -0.15) is 0 Å². The van der Waals surface area contributed by atoms with Crippen LogP contribution in [0.3, 0.4) is 0 Å². The molecule has 0 aliphatic carbocycles. The predicted molar refractivity (Wildman–Crippen MR) is 106 cm³/mol. The van der Waals surface area contributed by atoms with Crippen molar-refractivity contribution < 1.29 is 14.3 Å². The normalized spacial score (nSPS) is 10.7. The molecule has 0 saturated heterocycles. The maximum atomic E-state index is 12.1. The predicted octanol–water partition coefficient (Wildman–Crippen LogP) is 3.91. The van der Waals surface area contributed by atoms with Gasteiger partial charge in [0, 0.05) is 12.2 Å². The molecule has 0 spiro atoms. The number of likely N-dealkylation sites (N-methyl/N-ethyl adjacent to an activating group) is 1. The van der Waals surface area contributed by atoms with Gasteiger partial charge in [0.05, 0.1) is 5.02 Å². The molecule has 0 fully saturated rings. The number of carbonyl (C=O) groups is 1. The first-order valence-electron chi connectivity index (χ1n) is 8.42. The lowest BCUT2D eigenvalue weighted by atomic mass is 10.1. The molecule has 2 aromatic carbocycles. The third kappa shape index (κ3) is 5.93. The summed E-state index contributed by atoms with van der Waals surface area (Å²) in [6.45, 7) is 5.18. The van der Waals surface area contributed by atoms with Crippen LogP contribution in [0.4, 0.5) is 5.69 Å². The van der Waals surface area contributed by atoms with Crippen molar-refractivity contribution in [2.75, 3.05) is 39.2 Å². The second-order valence-electron chi connectivity index (χ2n) is 6.35. The molecule has 0 bridgehead atoms. The third-order valence-corrected chi connectivity index (χ3v) is 4.06. The van der Waals surface area contributed by atoms with E-state index in [1.54, 1.807) is 18.2 Å². The number of rotatable bonds is 8. The van der Waals surface area contributed by atoms with Crippen molar-refractivity contribution in [2.24, 2.45) is 0 Å². The summed E-state index contributed by atoms with van der Waals surface area (Å²) in [6.07, 6.45) is 0. The van der Waals surface area contributed by atoms with Crippen molar-refractivity contribution in [3.63, 3.8) is 0 Å². The number of amides is 1. The Morgan fingerprint density at radius 2 is 1.81 bits per heavy atom. The molecule has 0 unspecified atom stereocenters. The number of nitrogens with one attached hydrogen (secondary N) is 1. The zero-order valence-electron chi connectivity index (χ0n) is 15.6. The molecule has 1 N–H and O–H groups in total. The van der Waals surface area contributed by atoms with Crippen LogP contribution in [-0.2, 0) is 4.79 Å². The Morgan fingerprint density at radius 1 is 1.12 bits per heavy atom. The number of para-hydroxylation sites is 1. The Kier molecular flexibility index (Phi) is 7.30. The van der Waals surface area contributed by atoms with E-state index >= 15 is 0 Å². The number of halogens is 1. The monoisotopic (exact) mass is 376 g/mol. The van der Waals surface area contributed by atoms with Gasteiger partial charge in [0.1, 0.15) is 18.1 Å². The van der Waals surface area contributed by atoms with E-state index in [2.05, 4.69) is 5.32 Å². The number of hydrogen-bond acceptors (Lipinski definition) is 4. The molecular formula is C20H25ClN2O3. The van der Waals surface area contributed by atoms with Gasteiger partial charge >= 0.3 is 0 Å². The van der Waals surface area contributed by atoms with Crippen molar-refractivity contribution in [1.29, 1.82) is 0 Å². The molecule has 0 aliphatic heterocycles. The van der Waals surface area contributed by atoms with Gasteiger partial charge in [0.15, 0.2) is 6.61 Å². The quantitative estimate of drug-likeness (QED) is 0.758. The summed E-state index contributed by atoms with van der Waals surface area (Å²) >= 11 is 6.22. The Hall–Kier alpha value is -2.24. The maximum absolute atomic E-state index is 12.1. The van der Waals surface area contributed by atoms with Gasteiger partial charge in [-0.3, -0.25) is 4.79 Å². The average Bonchev–Trinajstić information content (AvgIpc) is 2.56. The van der Waals surface area contributed by atoms with E-state index in [1.165, 1.54) is 0 Å². The van der Waals surface area contributed by atoms with Gasteiger partial charge in [-0.1, -0.05) is 29.8 Å². The maximum Gasteiger partial charge on any atom is 0.262 e. The van der Waals surface area contributed by atoms with E-state index in [1.807, 2.05) is 51.0 Å². The largest absolute Gasteiger partial charge is 0.491 e. The lowest BCUT2D eigenvalue weighted by molar-refractivity contribution is -0.118. The van der Waals surface area contributed by atoms with Gasteiger partial charge < -0.3 is 19.7 Å². The molecule has 0 atom stereocenters. The molecule has 0 aliphatic rings. The second kappa shape index (κ2) is 9.46. The number of ether oxygens (including phenoxy) is 2. The van der Waals surface area contributed by atoms with Gasteiger partial charge in [0.2, 0.25) is 0 Å². The highest BCUT2D eigenvalue weighted by molar-refractivity contribution is 6.32. The fourth-order valence-electron chi connectivity index (χ4n) is 2.40. The highest BCUT2D eigenvalue weighted by Crippen LogP contribution is 2.28. The number of hydrogen-bond donors (Lipinski definition) is 1. The second-order valence-corrected chi connectivity index (χ2v) is 6.76. The minimum absolute atomic E-state index is 0.0651. The average molecular weight is 377 g/mol. The van der Waals surface area contributed by atoms with E-state index in [4.69, 9.17) is 21.1 Å². The number of nitrogens with zero attached hydrogens (tertiary/aromatic N) is 1. The smallest absolute Gasteiger partial charge is 0.262 e. The van der Waals surface area contributed by atoms with Crippen molar-refractivity contribution in [2.45, 2.75) is 13.8 Å². The molecule has 0 saturated carbocycles. The highest BCUT2D eigenvalue weighted by atomic mass is 35.5. The van der Waals surface area contributed by atoms with Crippen LogP contribution in [0.15, 0.2) is 36.4 Å². The fourth-order valence-corrected chi connectivity index (χ4v) is 2.63. The summed E-state index contributed by atoms with van der Waals surface area (Å²) < 4.78 is 11.3. The summed E-state index contributed by atoms with van der Waals surface area (Å²) in [5.74, 6) is 1.09. The first kappa shape index (κ1) is 20.1. The summed E-state index contributed by atoms with van der Waals surface area (Å²) in [6, 6.07) is 11.0. The highest BCUT2D eigenvalue weighted by Gasteiger charge is 2.09. The molecule has 1 amide bonds. The molecule has 5 nitrogen and oxygen atoms in total. The molecule has 6 heteroatoms. The van der Waals surface area contributed by atoms with E-state index in [0.717, 1.165) is 23.4 Å². The van der Waals surface area contributed by atoms with E-state index in [0.29, 0.717) is 23.1 Å². The van der Waals surface area contributed by atoms with Gasteiger partial charge in [-0.15, -0.1) is 0 Å². The number of anilines is 1. The van der Waals surface area contributed by atoms with Gasteiger partial charge in [0.25, 0.3) is 5.91 Å². The summed E-state index contributed by atoms with van der Waals surface area (Å²) in [7, 11) is 3.95. The Morgan fingerprint density at radius 3 is 2.42 bits per heavy atom. The van der Waals surface area contributed by atoms with E-state index < -0.39 is 0 Å². The van der Waals surface area contributed by atoms with E-state index in [-0.39, 0.29) is 12.5 Å². The topological polar surface area (TPSA) is 50.8 Å². The van der Waals surface area contributed by atoms with Crippen LogP contribution in [0.2, 0.25) is 5.02 Å². The van der Waals surface area contributed by atoms with Crippen LogP contribution in [0, 0.1) is 13.8 Å². The zero-order chi connectivity index (χ0) is 19.1. The summed E-state index contributed by atoms with van der Waals surface area (Å²) in [4.78, 5) is 14.2. The van der Waals surface area contributed by atoms with Crippen molar-refractivity contribution >= 4 is 23.2 Å². The molecule has 2 rings (SSSR count). The van der Waals surface area contributed by atoms with Gasteiger partial charge in [-0.05, 0) is 57.3 Å². The molecular weight excluding hydrogens is 352 g/mol. The zero-order valence-corrected chi connectivity index (χ0v) is 16.4. The molecule has 26 heavy (non-hydrogen) atoms. The van der Waals surface area contributed by atoms with Crippen LogP contribution >= 0.6 is 11.6 Å². The van der Waals surface area contributed by atoms with Crippen molar-refractivity contribution in [3.05, 3.63) is 52.5 Å². The van der Waals surface area contributed by atoms with Crippen LogP contribution in [-0.4, -0.2) is 44.7 Å². The Labute approximate surface area is 159 Å². The lowest BCUT2D eigenvalue weighted by Gasteiger charge is -2.14. The van der Waals surface area contributed by atoms with Gasteiger partial charge in [-0.25, -0.2) is 0 Å². The Bertz CT molecular complexity index is 742. The van der Waals surface area contributed by atoms with Crippen LogP contribution in [0.1, 0.15) is 11.1 Å². The van der Waals surface area contributed by atoms with Crippen LogP contribution < -0.4 is 14.8 Å². The van der Waals surface area contributed by atoms with Crippen molar-refractivity contribution in [3.8, 4) is 11.5 Å². The fraction of sp³-hybridized carbons (Fsp3) is 0.350. The first-order chi connectivity index (χ1) is 12.4. The molecule has 140 valence electrons. The Balaban J connectivity index is 1.89. The summed E-state index contributed by atoms with van der Waals surface area (Å²) in [5.41, 5.74) is 2.60.